The number of benzene rings is 1. The minimum absolute atomic E-state index is 0.222. The molecule has 0 aliphatic heterocycles. The second kappa shape index (κ2) is 5.23. The van der Waals surface area contributed by atoms with E-state index in [-0.39, 0.29) is 6.04 Å². The van der Waals surface area contributed by atoms with E-state index in [2.05, 4.69) is 31.3 Å². The molecule has 0 aliphatic rings. The van der Waals surface area contributed by atoms with Crippen molar-refractivity contribution in [3.63, 3.8) is 0 Å². The van der Waals surface area contributed by atoms with E-state index in [4.69, 9.17) is 5.11 Å². The van der Waals surface area contributed by atoms with Crippen LogP contribution in [0.5, 0.6) is 0 Å². The molecule has 18 heavy (non-hydrogen) atoms. The summed E-state index contributed by atoms with van der Waals surface area (Å²) in [5, 5.41) is 12.2. The lowest BCUT2D eigenvalue weighted by Crippen LogP contribution is -2.05. The molecule has 0 amide bonds. The summed E-state index contributed by atoms with van der Waals surface area (Å²) in [4.78, 5) is 13.3. The van der Waals surface area contributed by atoms with E-state index in [9.17, 15) is 4.79 Å². The fraction of sp³-hybridized carbons (Fsp3) is 0.214. The van der Waals surface area contributed by atoms with Crippen molar-refractivity contribution in [3.8, 4) is 0 Å². The zero-order valence-electron chi connectivity index (χ0n) is 10.3. The lowest BCUT2D eigenvalue weighted by Gasteiger charge is -2.13. The number of carboxylic acid groups (broad SMARTS) is 1. The first kappa shape index (κ1) is 12.6. The van der Waals surface area contributed by atoms with Crippen LogP contribution in [0.4, 0.5) is 5.69 Å². The van der Waals surface area contributed by atoms with Crippen molar-refractivity contribution in [1.29, 1.82) is 0 Å². The minimum Gasteiger partial charge on any atom is -0.478 e. The summed E-state index contributed by atoms with van der Waals surface area (Å²) < 4.78 is 0. The van der Waals surface area contributed by atoms with E-state index in [1.165, 1.54) is 9.75 Å². The van der Waals surface area contributed by atoms with Crippen molar-refractivity contribution in [2.75, 3.05) is 5.32 Å². The quantitative estimate of drug-likeness (QED) is 0.876. The van der Waals surface area contributed by atoms with Crippen LogP contribution in [0.25, 0.3) is 0 Å². The number of carboxylic acids is 1. The van der Waals surface area contributed by atoms with Crippen LogP contribution in [0.2, 0.25) is 0 Å². The van der Waals surface area contributed by atoms with Gasteiger partial charge in [-0.05, 0) is 50.2 Å². The highest BCUT2D eigenvalue weighted by Crippen LogP contribution is 2.25. The molecule has 3 nitrogen and oxygen atoms in total. The van der Waals surface area contributed by atoms with Gasteiger partial charge in [0.05, 0.1) is 11.6 Å². The van der Waals surface area contributed by atoms with Crippen molar-refractivity contribution in [2.24, 2.45) is 0 Å². The Hall–Kier alpha value is -1.81. The number of nitrogens with one attached hydrogen (secondary N) is 1. The lowest BCUT2D eigenvalue weighted by molar-refractivity contribution is 0.0697. The van der Waals surface area contributed by atoms with Gasteiger partial charge >= 0.3 is 5.97 Å². The standard InChI is InChI=1S/C14H15NO2S/c1-9-3-8-13(18-9)10(2)15-12-6-4-11(5-7-12)14(16)17/h3-8,10,15H,1-2H3,(H,16,17). The summed E-state index contributed by atoms with van der Waals surface area (Å²) in [6.07, 6.45) is 0. The number of thiophene rings is 1. The lowest BCUT2D eigenvalue weighted by atomic mass is 10.2. The smallest absolute Gasteiger partial charge is 0.335 e. The van der Waals surface area contributed by atoms with Crippen LogP contribution in [0.1, 0.15) is 33.1 Å². The summed E-state index contributed by atoms with van der Waals surface area (Å²) in [6.45, 7) is 4.18. The van der Waals surface area contributed by atoms with Crippen molar-refractivity contribution >= 4 is 23.0 Å². The Morgan fingerprint density at radius 2 is 1.89 bits per heavy atom. The average molecular weight is 261 g/mol. The Morgan fingerprint density at radius 3 is 2.39 bits per heavy atom. The molecule has 0 aliphatic carbocycles. The number of rotatable bonds is 4. The molecule has 2 N–H and O–H groups in total. The molecule has 0 bridgehead atoms. The molecule has 0 saturated carbocycles. The Morgan fingerprint density at radius 1 is 1.22 bits per heavy atom. The van der Waals surface area contributed by atoms with Crippen LogP contribution in [-0.4, -0.2) is 11.1 Å². The number of aryl methyl sites for hydroxylation is 1. The first-order valence-corrected chi connectivity index (χ1v) is 6.54. The fourth-order valence-corrected chi connectivity index (χ4v) is 2.60. The average Bonchev–Trinajstić information content (AvgIpc) is 2.76. The molecule has 1 aromatic heterocycles. The maximum atomic E-state index is 10.7. The zero-order valence-corrected chi connectivity index (χ0v) is 11.1. The molecule has 1 heterocycles. The van der Waals surface area contributed by atoms with Crippen LogP contribution in [-0.2, 0) is 0 Å². The van der Waals surface area contributed by atoms with Gasteiger partial charge in [0, 0.05) is 15.4 Å². The van der Waals surface area contributed by atoms with Gasteiger partial charge < -0.3 is 10.4 Å². The molecule has 1 atom stereocenters. The number of carbonyl (C=O) groups is 1. The number of hydrogen-bond acceptors (Lipinski definition) is 3. The molecular formula is C14H15NO2S. The molecule has 0 spiro atoms. The SMILES string of the molecule is Cc1ccc(C(C)Nc2ccc(C(=O)O)cc2)s1. The van der Waals surface area contributed by atoms with Crippen molar-refractivity contribution in [2.45, 2.75) is 19.9 Å². The fourth-order valence-electron chi connectivity index (χ4n) is 1.72. The molecule has 94 valence electrons. The molecule has 0 fully saturated rings. The van der Waals surface area contributed by atoms with Gasteiger partial charge in [-0.15, -0.1) is 11.3 Å². The van der Waals surface area contributed by atoms with Gasteiger partial charge in [0.15, 0.2) is 0 Å². The number of anilines is 1. The largest absolute Gasteiger partial charge is 0.478 e. The third kappa shape index (κ3) is 2.90. The van der Waals surface area contributed by atoms with Gasteiger partial charge in [-0.3, -0.25) is 0 Å². The number of hydrogen-bond donors (Lipinski definition) is 2. The van der Waals surface area contributed by atoms with Gasteiger partial charge in [0.25, 0.3) is 0 Å². The van der Waals surface area contributed by atoms with Crippen LogP contribution in [0.15, 0.2) is 36.4 Å². The predicted octanol–water partition coefficient (Wildman–Crippen LogP) is 3.93. The Labute approximate surface area is 110 Å². The highest BCUT2D eigenvalue weighted by atomic mass is 32.1. The molecule has 2 aromatic rings. The molecule has 0 radical (unpaired) electrons. The molecule has 1 aromatic carbocycles. The van der Waals surface area contributed by atoms with Gasteiger partial charge in [-0.2, -0.15) is 0 Å². The highest BCUT2D eigenvalue weighted by Gasteiger charge is 2.08. The summed E-state index contributed by atoms with van der Waals surface area (Å²) in [7, 11) is 0. The van der Waals surface area contributed by atoms with Crippen LogP contribution < -0.4 is 5.32 Å². The van der Waals surface area contributed by atoms with Gasteiger partial charge in [0.1, 0.15) is 0 Å². The van der Waals surface area contributed by atoms with E-state index >= 15 is 0 Å². The predicted molar refractivity (Wildman–Crippen MR) is 74.5 cm³/mol. The van der Waals surface area contributed by atoms with Gasteiger partial charge in [0.2, 0.25) is 0 Å². The van der Waals surface area contributed by atoms with E-state index in [1.807, 2.05) is 0 Å². The molecular weight excluding hydrogens is 246 g/mol. The second-order valence-electron chi connectivity index (χ2n) is 4.20. The third-order valence-electron chi connectivity index (χ3n) is 2.70. The second-order valence-corrected chi connectivity index (χ2v) is 5.52. The maximum Gasteiger partial charge on any atom is 0.335 e. The van der Waals surface area contributed by atoms with Gasteiger partial charge in [-0.25, -0.2) is 4.79 Å². The topological polar surface area (TPSA) is 49.3 Å². The van der Waals surface area contributed by atoms with Crippen LogP contribution in [0.3, 0.4) is 0 Å². The molecule has 2 rings (SSSR count). The van der Waals surface area contributed by atoms with Crippen LogP contribution in [0, 0.1) is 6.92 Å². The maximum absolute atomic E-state index is 10.7. The van der Waals surface area contributed by atoms with E-state index in [0.717, 1.165) is 5.69 Å². The monoisotopic (exact) mass is 261 g/mol. The molecule has 0 saturated heterocycles. The normalized spacial score (nSPS) is 12.1. The first-order valence-electron chi connectivity index (χ1n) is 5.72. The first-order chi connectivity index (χ1) is 8.56. The Balaban J connectivity index is 2.07. The molecule has 4 heteroatoms. The summed E-state index contributed by atoms with van der Waals surface area (Å²) in [5.74, 6) is -0.900. The summed E-state index contributed by atoms with van der Waals surface area (Å²) >= 11 is 1.77. The zero-order chi connectivity index (χ0) is 13.1. The van der Waals surface area contributed by atoms with E-state index in [1.54, 1.807) is 35.6 Å². The van der Waals surface area contributed by atoms with Crippen LogP contribution >= 0.6 is 11.3 Å². The highest BCUT2D eigenvalue weighted by molar-refractivity contribution is 7.12. The van der Waals surface area contributed by atoms with E-state index in [0.29, 0.717) is 5.56 Å². The Kier molecular flexibility index (Phi) is 3.67. The molecule has 1 unspecified atom stereocenters. The summed E-state index contributed by atoms with van der Waals surface area (Å²) in [6, 6.07) is 11.2. The van der Waals surface area contributed by atoms with Gasteiger partial charge in [-0.1, -0.05) is 0 Å². The van der Waals surface area contributed by atoms with Crippen molar-refractivity contribution < 1.29 is 9.90 Å². The van der Waals surface area contributed by atoms with E-state index < -0.39 is 5.97 Å². The third-order valence-corrected chi connectivity index (χ3v) is 3.89. The minimum atomic E-state index is -0.900. The summed E-state index contributed by atoms with van der Waals surface area (Å²) in [5.41, 5.74) is 1.23. The number of aromatic carboxylic acids is 1. The van der Waals surface area contributed by atoms with Crippen molar-refractivity contribution in [3.05, 3.63) is 51.7 Å². The van der Waals surface area contributed by atoms with Crippen molar-refractivity contribution in [1.82, 2.24) is 0 Å². The Bertz CT molecular complexity index is 545.